The third kappa shape index (κ3) is 3.41. The minimum atomic E-state index is -1.14. The topological polar surface area (TPSA) is 137 Å². The molecule has 4 N–H and O–H groups in total. The molecule has 0 aromatic heterocycles. The van der Waals surface area contributed by atoms with Crippen LogP contribution in [-0.2, 0) is 14.4 Å². The molecular formula is C21H31N5O5S. The number of fused-ring (bicyclic) bond motifs is 1. The number of hydrogen-bond acceptors (Lipinski definition) is 7. The maximum absolute atomic E-state index is 13.1. The van der Waals surface area contributed by atoms with Gasteiger partial charge in [-0.2, -0.15) is 0 Å². The van der Waals surface area contributed by atoms with Gasteiger partial charge in [0.05, 0.1) is 24.5 Å². The number of nitrogens with zero attached hydrogens (tertiary/aromatic N) is 3. The van der Waals surface area contributed by atoms with E-state index in [0.29, 0.717) is 32.6 Å². The van der Waals surface area contributed by atoms with Crippen LogP contribution in [0, 0.1) is 11.3 Å². The molecule has 176 valence electrons. The Morgan fingerprint density at radius 1 is 1.38 bits per heavy atom. The first kappa shape index (κ1) is 23.1. The fourth-order valence-electron chi connectivity index (χ4n) is 5.58. The number of β-lactam (4-membered cyclic amide) rings is 1. The van der Waals surface area contributed by atoms with Crippen molar-refractivity contribution in [2.24, 2.45) is 5.92 Å². The Labute approximate surface area is 191 Å². The largest absolute Gasteiger partial charge is 0.477 e. The standard InChI is InChI=1S/C21H31N5O5S/c1-11-6-16(19(29)30)26-17(11)21(13(3)27,20(26)31)32-14-7-15(23-8-14)18(28)25-5-4-24(10-22)9-12(25)2/h6,10-15,17,22-23,27H,4-5,7-9H2,1-3H3,(H,29,30)/t11?,12?,13?,14?,15?,17-,21?/m0/s1. The summed E-state index contributed by atoms with van der Waals surface area (Å²) < 4.78 is -1.11. The van der Waals surface area contributed by atoms with Gasteiger partial charge >= 0.3 is 5.97 Å². The van der Waals surface area contributed by atoms with E-state index in [1.165, 1.54) is 23.0 Å². The molecule has 11 heteroatoms. The van der Waals surface area contributed by atoms with Gasteiger partial charge in [0.15, 0.2) is 0 Å². The van der Waals surface area contributed by atoms with E-state index in [1.54, 1.807) is 13.0 Å². The molecule has 4 aliphatic heterocycles. The van der Waals surface area contributed by atoms with Crippen LogP contribution in [0.1, 0.15) is 27.2 Å². The molecule has 0 saturated carbocycles. The van der Waals surface area contributed by atoms with Gasteiger partial charge in [-0.1, -0.05) is 6.92 Å². The second-order valence-corrected chi connectivity index (χ2v) is 10.8. The third-order valence-electron chi connectivity index (χ3n) is 7.16. The van der Waals surface area contributed by atoms with Crippen LogP contribution >= 0.6 is 11.8 Å². The lowest BCUT2D eigenvalue weighted by Crippen LogP contribution is -2.76. The summed E-state index contributed by atoms with van der Waals surface area (Å²) in [5, 5.41) is 30.7. The Bertz CT molecular complexity index is 866. The molecule has 0 aromatic rings. The van der Waals surface area contributed by atoms with Crippen molar-refractivity contribution < 1.29 is 24.6 Å². The summed E-state index contributed by atoms with van der Waals surface area (Å²) in [6, 6.07) is -0.751. The van der Waals surface area contributed by atoms with Gasteiger partial charge in [0.2, 0.25) is 11.8 Å². The Hall–Kier alpha value is -2.11. The molecule has 0 aromatic carbocycles. The van der Waals surface area contributed by atoms with E-state index in [2.05, 4.69) is 5.32 Å². The van der Waals surface area contributed by atoms with Crippen molar-refractivity contribution in [3.8, 4) is 0 Å². The lowest BCUT2D eigenvalue weighted by molar-refractivity contribution is -0.158. The predicted octanol–water partition coefficient (Wildman–Crippen LogP) is -0.462. The minimum absolute atomic E-state index is 0.0109. The summed E-state index contributed by atoms with van der Waals surface area (Å²) in [4.78, 5) is 42.9. The fraction of sp³-hybridized carbons (Fsp3) is 0.714. The zero-order chi connectivity index (χ0) is 23.4. The summed E-state index contributed by atoms with van der Waals surface area (Å²) in [7, 11) is 0. The highest BCUT2D eigenvalue weighted by atomic mass is 32.2. The lowest BCUT2D eigenvalue weighted by Gasteiger charge is -2.56. The summed E-state index contributed by atoms with van der Waals surface area (Å²) in [5.41, 5.74) is -0.0139. The monoisotopic (exact) mass is 465 g/mol. The van der Waals surface area contributed by atoms with Gasteiger partial charge in [0.25, 0.3) is 0 Å². The number of carboxylic acid groups (broad SMARTS) is 1. The number of carbonyl (C=O) groups excluding carboxylic acids is 2. The Kier molecular flexibility index (Phi) is 6.01. The van der Waals surface area contributed by atoms with Gasteiger partial charge in [-0.15, -0.1) is 11.8 Å². The smallest absolute Gasteiger partial charge is 0.352 e. The highest BCUT2D eigenvalue weighted by Crippen LogP contribution is 2.55. The fourth-order valence-corrected chi connectivity index (χ4v) is 7.45. The van der Waals surface area contributed by atoms with Gasteiger partial charge in [-0.05, 0) is 32.3 Å². The molecule has 0 radical (unpaired) electrons. The summed E-state index contributed by atoms with van der Waals surface area (Å²) >= 11 is 1.39. The van der Waals surface area contributed by atoms with Crippen molar-refractivity contribution >= 4 is 35.9 Å². The number of aliphatic hydroxyl groups excluding tert-OH is 1. The molecule has 3 saturated heterocycles. The van der Waals surface area contributed by atoms with Crippen LogP contribution in [0.3, 0.4) is 0 Å². The van der Waals surface area contributed by atoms with E-state index in [0.717, 1.165) is 0 Å². The molecule has 10 nitrogen and oxygen atoms in total. The Balaban J connectivity index is 1.43. The van der Waals surface area contributed by atoms with E-state index in [4.69, 9.17) is 5.41 Å². The summed E-state index contributed by atoms with van der Waals surface area (Å²) in [5.74, 6) is -1.66. The van der Waals surface area contributed by atoms with Gasteiger partial charge in [-0.3, -0.25) is 19.9 Å². The van der Waals surface area contributed by atoms with Crippen LogP contribution < -0.4 is 5.32 Å². The number of aliphatic hydroxyl groups is 1. The zero-order valence-corrected chi connectivity index (χ0v) is 19.3. The van der Waals surface area contributed by atoms with Crippen LogP contribution in [-0.4, -0.2) is 109 Å². The Morgan fingerprint density at radius 3 is 2.69 bits per heavy atom. The van der Waals surface area contributed by atoms with E-state index in [1.807, 2.05) is 23.6 Å². The first-order valence-corrected chi connectivity index (χ1v) is 11.9. The number of amides is 2. The van der Waals surface area contributed by atoms with Gasteiger partial charge in [-0.25, -0.2) is 4.79 Å². The number of piperazine rings is 1. The molecule has 2 amide bonds. The average Bonchev–Trinajstić information content (AvgIpc) is 3.33. The van der Waals surface area contributed by atoms with Crippen molar-refractivity contribution in [3.63, 3.8) is 0 Å². The van der Waals surface area contributed by atoms with Gasteiger partial charge in [0.1, 0.15) is 10.4 Å². The first-order chi connectivity index (χ1) is 15.1. The molecule has 0 aliphatic carbocycles. The lowest BCUT2D eigenvalue weighted by atomic mass is 9.78. The third-order valence-corrected chi connectivity index (χ3v) is 9.00. The first-order valence-electron chi connectivity index (χ1n) is 11.0. The van der Waals surface area contributed by atoms with Gasteiger partial charge in [0, 0.05) is 37.5 Å². The average molecular weight is 466 g/mol. The minimum Gasteiger partial charge on any atom is -0.477 e. The molecular weight excluding hydrogens is 434 g/mol. The van der Waals surface area contributed by atoms with Crippen LogP contribution in [0.4, 0.5) is 0 Å². The SMILES string of the molecule is CC1C=C(C(=O)O)N2C(=O)C(SC3CNC(C(=O)N4CCN(C=N)CC4C)C3)(C(C)O)[C@H]12. The molecule has 4 aliphatic rings. The van der Waals surface area contributed by atoms with E-state index in [9.17, 15) is 24.6 Å². The van der Waals surface area contributed by atoms with Crippen molar-refractivity contribution in [2.75, 3.05) is 26.2 Å². The van der Waals surface area contributed by atoms with Crippen molar-refractivity contribution in [2.45, 2.75) is 61.4 Å². The molecule has 0 spiro atoms. The van der Waals surface area contributed by atoms with Crippen LogP contribution in [0.15, 0.2) is 11.8 Å². The van der Waals surface area contributed by atoms with E-state index < -0.39 is 22.9 Å². The quantitative estimate of drug-likeness (QED) is 0.235. The molecule has 3 fully saturated rings. The molecule has 32 heavy (non-hydrogen) atoms. The second kappa shape index (κ2) is 8.35. The second-order valence-electron chi connectivity index (χ2n) is 9.25. The number of nitrogens with one attached hydrogen (secondary N) is 2. The van der Waals surface area contributed by atoms with Crippen LogP contribution in [0.2, 0.25) is 0 Å². The number of carbonyl (C=O) groups is 3. The van der Waals surface area contributed by atoms with Crippen molar-refractivity contribution in [3.05, 3.63) is 11.8 Å². The normalized spacial score (nSPS) is 37.6. The number of thioether (sulfide) groups is 1. The summed E-state index contributed by atoms with van der Waals surface area (Å²) in [6.07, 6.45) is 2.49. The van der Waals surface area contributed by atoms with Gasteiger partial charge < -0.3 is 25.3 Å². The van der Waals surface area contributed by atoms with Crippen molar-refractivity contribution in [1.82, 2.24) is 20.0 Å². The van der Waals surface area contributed by atoms with Crippen molar-refractivity contribution in [1.29, 1.82) is 5.41 Å². The highest BCUT2D eigenvalue weighted by molar-refractivity contribution is 8.02. The van der Waals surface area contributed by atoms with Crippen LogP contribution in [0.5, 0.6) is 0 Å². The number of hydrogen-bond donors (Lipinski definition) is 4. The van der Waals surface area contributed by atoms with E-state index in [-0.39, 0.29) is 40.8 Å². The van der Waals surface area contributed by atoms with E-state index >= 15 is 0 Å². The maximum Gasteiger partial charge on any atom is 0.352 e. The zero-order valence-electron chi connectivity index (χ0n) is 18.5. The molecule has 7 atom stereocenters. The molecule has 4 rings (SSSR count). The highest BCUT2D eigenvalue weighted by Gasteiger charge is 2.69. The Morgan fingerprint density at radius 2 is 2.09 bits per heavy atom. The molecule has 4 heterocycles. The number of aliphatic carboxylic acids is 1. The maximum atomic E-state index is 13.1. The molecule has 6 unspecified atom stereocenters. The number of carboxylic acids is 1. The van der Waals surface area contributed by atoms with Crippen LogP contribution in [0.25, 0.3) is 0 Å². The summed E-state index contributed by atoms with van der Waals surface area (Å²) in [6.45, 7) is 7.81. The predicted molar refractivity (Wildman–Crippen MR) is 119 cm³/mol. The molecule has 0 bridgehead atoms. The number of rotatable bonds is 6.